The Labute approximate surface area is 354 Å². The van der Waals surface area contributed by atoms with Crippen LogP contribution in [0.1, 0.15) is 291 Å². The molecule has 0 spiro atoms. The fourth-order valence-corrected chi connectivity index (χ4v) is 11.9. The SMILES string of the molecule is CCCCCCCCCCC(CCCCCCCC)CCCCCCS(=O)(=O)O[SH](=O)(O)CCCCCC(CCCCCCCC)CCCCCCCCCC. The van der Waals surface area contributed by atoms with E-state index in [0.717, 1.165) is 43.9 Å². The van der Waals surface area contributed by atoms with Crippen molar-refractivity contribution < 1.29 is 20.8 Å². The van der Waals surface area contributed by atoms with Crippen LogP contribution < -0.4 is 0 Å². The Kier molecular flexibility index (Phi) is 41.8. The molecule has 2 atom stereocenters. The summed E-state index contributed by atoms with van der Waals surface area (Å²) in [6.45, 7) is 9.10. The maximum Gasteiger partial charge on any atom is 0.280 e. The molecule has 0 amide bonds. The number of rotatable bonds is 47. The Morgan fingerprint density at radius 2 is 0.607 bits per heavy atom. The number of thiol groups is 1. The van der Waals surface area contributed by atoms with Crippen LogP contribution in [0.4, 0.5) is 0 Å². The van der Waals surface area contributed by atoms with Crippen LogP contribution >= 0.6 is 0 Å². The van der Waals surface area contributed by atoms with Gasteiger partial charge in [0.05, 0.1) is 16.2 Å². The van der Waals surface area contributed by atoms with Gasteiger partial charge in [-0.1, -0.05) is 278 Å². The van der Waals surface area contributed by atoms with Crippen molar-refractivity contribution in [2.75, 3.05) is 11.5 Å². The summed E-state index contributed by atoms with van der Waals surface area (Å²) in [6.07, 6.45) is 51.6. The molecule has 0 fully saturated rings. The Morgan fingerprint density at radius 1 is 0.375 bits per heavy atom. The van der Waals surface area contributed by atoms with Gasteiger partial charge in [0.2, 0.25) is 0 Å². The molecule has 0 saturated carbocycles. The van der Waals surface area contributed by atoms with E-state index in [1.807, 2.05) is 0 Å². The molecule has 1 N–H and O–H groups in total. The molecular formula is C49H102O5S2. The highest BCUT2D eigenvalue weighted by Gasteiger charge is 2.21. The summed E-state index contributed by atoms with van der Waals surface area (Å²) in [6, 6.07) is 0. The van der Waals surface area contributed by atoms with Crippen molar-refractivity contribution in [1.82, 2.24) is 0 Å². The van der Waals surface area contributed by atoms with Crippen molar-refractivity contribution in [3.63, 3.8) is 0 Å². The molecule has 5 nitrogen and oxygen atoms in total. The second-order valence-corrected chi connectivity index (χ2v) is 22.0. The zero-order valence-electron chi connectivity index (χ0n) is 38.5. The molecule has 2 unspecified atom stereocenters. The van der Waals surface area contributed by atoms with Gasteiger partial charge >= 0.3 is 0 Å². The minimum Gasteiger partial charge on any atom is -0.309 e. The molecule has 0 bridgehead atoms. The van der Waals surface area contributed by atoms with Gasteiger partial charge < -0.3 is 4.55 Å². The highest BCUT2D eigenvalue weighted by atomic mass is 32.3. The average Bonchev–Trinajstić information content (AvgIpc) is 3.16. The summed E-state index contributed by atoms with van der Waals surface area (Å²) in [5, 5.41) is 0. The molecule has 56 heavy (non-hydrogen) atoms. The molecule has 0 aliphatic heterocycles. The molecule has 0 aliphatic rings. The predicted molar refractivity (Wildman–Crippen MR) is 251 cm³/mol. The van der Waals surface area contributed by atoms with E-state index >= 15 is 0 Å². The molecule has 0 aromatic rings. The summed E-state index contributed by atoms with van der Waals surface area (Å²) in [4.78, 5) is 0. The Hall–Kier alpha value is 0.0200. The van der Waals surface area contributed by atoms with E-state index in [2.05, 4.69) is 27.7 Å². The molecule has 0 aromatic carbocycles. The summed E-state index contributed by atoms with van der Waals surface area (Å²) in [5.41, 5.74) is 0. The van der Waals surface area contributed by atoms with Gasteiger partial charge in [-0.3, -0.25) is 0 Å². The second kappa shape index (κ2) is 41.7. The summed E-state index contributed by atoms with van der Waals surface area (Å²) in [5.74, 6) is 1.33. The zero-order valence-corrected chi connectivity index (χ0v) is 40.2. The standard InChI is InChI=1S/C49H102O5S2/c1-5-9-13-17-21-23-27-34-42-48(40-32-25-19-15-11-7-3)44-36-29-30-38-46-55(50,51)54-56(52,53)47-39-31-37-45-49(41-33-26-20-16-12-8-4)43-35-28-24-22-18-14-10-6-2/h48-49,56H,5-47H2,1-4H3,(H,52,53). The van der Waals surface area contributed by atoms with Crippen molar-refractivity contribution in [3.8, 4) is 0 Å². The van der Waals surface area contributed by atoms with Gasteiger partial charge in [-0.2, -0.15) is 12.0 Å². The summed E-state index contributed by atoms with van der Waals surface area (Å²) >= 11 is 0. The number of unbranched alkanes of at least 4 members (excludes halogenated alkanes) is 29. The van der Waals surface area contributed by atoms with Crippen molar-refractivity contribution in [1.29, 1.82) is 0 Å². The van der Waals surface area contributed by atoms with Gasteiger partial charge in [-0.25, -0.2) is 4.21 Å². The molecule has 340 valence electrons. The van der Waals surface area contributed by atoms with Gasteiger partial charge in [-0.15, -0.1) is 0 Å². The van der Waals surface area contributed by atoms with Gasteiger partial charge in [0.25, 0.3) is 10.1 Å². The van der Waals surface area contributed by atoms with E-state index in [0.29, 0.717) is 12.8 Å². The molecular weight excluding hydrogens is 733 g/mol. The fraction of sp³-hybridized carbons (Fsp3) is 1.00. The molecule has 0 aliphatic carbocycles. The van der Waals surface area contributed by atoms with Crippen LogP contribution in [0, 0.1) is 11.8 Å². The first-order valence-electron chi connectivity index (χ1n) is 25.4. The highest BCUT2D eigenvalue weighted by molar-refractivity contribution is 8.03. The topological polar surface area (TPSA) is 80.7 Å². The van der Waals surface area contributed by atoms with E-state index in [4.69, 9.17) is 3.63 Å². The van der Waals surface area contributed by atoms with Crippen LogP contribution in [0.2, 0.25) is 0 Å². The van der Waals surface area contributed by atoms with E-state index in [-0.39, 0.29) is 11.5 Å². The Balaban J connectivity index is 4.44. The predicted octanol–water partition coefficient (Wildman–Crippen LogP) is 17.0. The average molecular weight is 835 g/mol. The lowest BCUT2D eigenvalue weighted by Gasteiger charge is -2.19. The minimum absolute atomic E-state index is 0.0643. The Morgan fingerprint density at radius 3 is 0.893 bits per heavy atom. The lowest BCUT2D eigenvalue weighted by Crippen LogP contribution is -2.25. The third kappa shape index (κ3) is 40.8. The normalized spacial score (nSPS) is 13.7. The van der Waals surface area contributed by atoms with Crippen LogP contribution in [0.15, 0.2) is 0 Å². The molecule has 7 heteroatoms. The third-order valence-corrected chi connectivity index (χ3v) is 15.9. The van der Waals surface area contributed by atoms with Crippen LogP contribution in [0.3, 0.4) is 0 Å². The van der Waals surface area contributed by atoms with E-state index in [1.54, 1.807) is 0 Å². The first-order chi connectivity index (χ1) is 27.2. The molecule has 0 radical (unpaired) electrons. The van der Waals surface area contributed by atoms with Gasteiger partial charge in [0, 0.05) is 5.75 Å². The van der Waals surface area contributed by atoms with E-state index in [9.17, 15) is 17.2 Å². The van der Waals surface area contributed by atoms with Crippen molar-refractivity contribution in [2.45, 2.75) is 291 Å². The second-order valence-electron chi connectivity index (χ2n) is 18.1. The quantitative estimate of drug-likeness (QED) is 0.0471. The number of hydrogen-bond donors (Lipinski definition) is 2. The smallest absolute Gasteiger partial charge is 0.280 e. The van der Waals surface area contributed by atoms with Gasteiger partial charge in [0.1, 0.15) is 0 Å². The van der Waals surface area contributed by atoms with E-state index < -0.39 is 20.6 Å². The van der Waals surface area contributed by atoms with Crippen molar-refractivity contribution in [3.05, 3.63) is 0 Å². The largest absolute Gasteiger partial charge is 0.309 e. The summed E-state index contributed by atoms with van der Waals surface area (Å²) < 4.78 is 53.5. The van der Waals surface area contributed by atoms with E-state index in [1.165, 1.54) is 218 Å². The fourth-order valence-electron chi connectivity index (χ4n) is 8.67. The molecule has 0 heterocycles. The number of hydrogen-bond acceptors (Lipinski definition) is 4. The molecule has 0 rings (SSSR count). The Bertz CT molecular complexity index is 939. The lowest BCUT2D eigenvalue weighted by molar-refractivity contribution is 0.366. The molecule has 0 aromatic heterocycles. The first kappa shape index (κ1) is 56.0. The van der Waals surface area contributed by atoms with Crippen molar-refractivity contribution in [2.24, 2.45) is 11.8 Å². The highest BCUT2D eigenvalue weighted by Crippen LogP contribution is 2.27. The van der Waals surface area contributed by atoms with Gasteiger partial charge in [-0.05, 0) is 24.7 Å². The van der Waals surface area contributed by atoms with Gasteiger partial charge in [0.15, 0.2) is 0 Å². The van der Waals surface area contributed by atoms with Crippen LogP contribution in [0.25, 0.3) is 0 Å². The third-order valence-electron chi connectivity index (χ3n) is 12.4. The summed E-state index contributed by atoms with van der Waals surface area (Å²) in [7, 11) is -8.15. The monoisotopic (exact) mass is 835 g/mol. The first-order valence-corrected chi connectivity index (χ1v) is 28.8. The zero-order chi connectivity index (χ0) is 41.3. The van der Waals surface area contributed by atoms with Crippen LogP contribution in [0.5, 0.6) is 0 Å². The minimum atomic E-state index is -4.15. The molecule has 0 saturated heterocycles. The van der Waals surface area contributed by atoms with Crippen LogP contribution in [-0.2, 0) is 24.2 Å². The maximum atomic E-state index is 12.8. The van der Waals surface area contributed by atoms with Crippen molar-refractivity contribution >= 4 is 20.6 Å². The maximum absolute atomic E-state index is 12.8. The van der Waals surface area contributed by atoms with Crippen LogP contribution in [-0.4, -0.2) is 28.7 Å². The lowest BCUT2D eigenvalue weighted by atomic mass is 9.89.